The number of hydrogen-bond donors (Lipinski definition) is 3. The molecule has 9 heteroatoms. The van der Waals surface area contributed by atoms with Crippen LogP contribution in [0.2, 0.25) is 0 Å². The van der Waals surface area contributed by atoms with Gasteiger partial charge in [-0.3, -0.25) is 14.2 Å². The van der Waals surface area contributed by atoms with Gasteiger partial charge in [-0.05, 0) is 19.1 Å². The Morgan fingerprint density at radius 3 is 2.62 bits per heavy atom. The molecule has 1 heterocycles. The van der Waals surface area contributed by atoms with E-state index in [2.05, 4.69) is 9.82 Å². The van der Waals surface area contributed by atoms with Gasteiger partial charge >= 0.3 is 0 Å². The van der Waals surface area contributed by atoms with Crippen LogP contribution >= 0.6 is 0 Å². The molecule has 0 unspecified atom stereocenters. The maximum atomic E-state index is 12.3. The molecule has 0 aliphatic rings. The second-order valence-electron chi connectivity index (χ2n) is 4.25. The number of aromatic nitrogens is 2. The van der Waals surface area contributed by atoms with Gasteiger partial charge in [0.15, 0.2) is 5.82 Å². The molecule has 0 aliphatic carbocycles. The van der Waals surface area contributed by atoms with Crippen molar-refractivity contribution in [3.8, 4) is 0 Å². The molecule has 0 bridgehead atoms. The molecule has 8 nitrogen and oxygen atoms in total. The zero-order chi connectivity index (χ0) is 15.6. The van der Waals surface area contributed by atoms with Crippen LogP contribution in [0.15, 0.2) is 35.4 Å². The van der Waals surface area contributed by atoms with Gasteiger partial charge in [0.05, 0.1) is 11.3 Å². The number of primary amides is 1. The highest BCUT2D eigenvalue weighted by atomic mass is 32.2. The fourth-order valence-corrected chi connectivity index (χ4v) is 2.93. The van der Waals surface area contributed by atoms with E-state index in [1.807, 2.05) is 0 Å². The minimum absolute atomic E-state index is 0.0718. The number of aryl methyl sites for hydroxylation is 1. The Morgan fingerprint density at radius 2 is 2.05 bits per heavy atom. The van der Waals surface area contributed by atoms with E-state index in [4.69, 9.17) is 11.5 Å². The van der Waals surface area contributed by atoms with Crippen molar-refractivity contribution >= 4 is 27.4 Å². The molecule has 5 N–H and O–H groups in total. The van der Waals surface area contributed by atoms with Crippen molar-refractivity contribution in [2.45, 2.75) is 18.4 Å². The highest BCUT2D eigenvalue weighted by molar-refractivity contribution is 7.92. The first kappa shape index (κ1) is 14.9. The first-order valence-electron chi connectivity index (χ1n) is 6.09. The summed E-state index contributed by atoms with van der Waals surface area (Å²) in [5.41, 5.74) is 11.0. The minimum Gasteiger partial charge on any atom is -0.381 e. The summed E-state index contributed by atoms with van der Waals surface area (Å²) in [5.74, 6) is -0.841. The number of amides is 1. The average Bonchev–Trinajstić information content (AvgIpc) is 2.81. The van der Waals surface area contributed by atoms with Gasteiger partial charge < -0.3 is 11.5 Å². The molecule has 0 saturated heterocycles. The minimum atomic E-state index is -3.96. The third-order valence-corrected chi connectivity index (χ3v) is 4.19. The zero-order valence-corrected chi connectivity index (χ0v) is 12.1. The number of carbonyl (C=O) groups is 1. The van der Waals surface area contributed by atoms with Crippen molar-refractivity contribution in [3.63, 3.8) is 0 Å². The lowest BCUT2D eigenvalue weighted by molar-refractivity contribution is 0.100. The summed E-state index contributed by atoms with van der Waals surface area (Å²) in [6, 6.07) is 6.04. The Labute approximate surface area is 121 Å². The normalized spacial score (nSPS) is 11.3. The van der Waals surface area contributed by atoms with Gasteiger partial charge in [-0.2, -0.15) is 5.10 Å². The summed E-state index contributed by atoms with van der Waals surface area (Å²) in [7, 11) is -3.96. The molecule has 0 aliphatic heterocycles. The number of hydrogen-bond acceptors (Lipinski definition) is 5. The number of para-hydroxylation sites is 1. The first-order valence-corrected chi connectivity index (χ1v) is 7.58. The Balaban J connectivity index is 2.42. The van der Waals surface area contributed by atoms with Crippen LogP contribution in [0.5, 0.6) is 0 Å². The first-order chi connectivity index (χ1) is 9.85. The van der Waals surface area contributed by atoms with Crippen LogP contribution in [0.25, 0.3) is 0 Å². The Hall–Kier alpha value is -2.55. The third kappa shape index (κ3) is 2.97. The van der Waals surface area contributed by atoms with Gasteiger partial charge in [-0.25, -0.2) is 8.42 Å². The third-order valence-electron chi connectivity index (χ3n) is 2.81. The molecular weight excluding hydrogens is 294 g/mol. The molecule has 112 valence electrons. The number of carbonyl (C=O) groups excluding carboxylic acids is 1. The molecule has 21 heavy (non-hydrogen) atoms. The summed E-state index contributed by atoms with van der Waals surface area (Å²) in [5, 5.41) is 3.88. The van der Waals surface area contributed by atoms with E-state index in [0.717, 1.165) is 0 Å². The molecule has 2 aromatic rings. The Bertz CT molecular complexity index is 782. The lowest BCUT2D eigenvalue weighted by atomic mass is 10.2. The van der Waals surface area contributed by atoms with E-state index < -0.39 is 15.9 Å². The fourth-order valence-electron chi connectivity index (χ4n) is 1.77. The molecule has 0 saturated carbocycles. The van der Waals surface area contributed by atoms with E-state index in [1.165, 1.54) is 23.0 Å². The van der Waals surface area contributed by atoms with Crippen LogP contribution in [-0.2, 0) is 16.6 Å². The van der Waals surface area contributed by atoms with Gasteiger partial charge in [-0.15, -0.1) is 0 Å². The smallest absolute Gasteiger partial charge is 0.267 e. The van der Waals surface area contributed by atoms with Gasteiger partial charge in [0.2, 0.25) is 0 Å². The van der Waals surface area contributed by atoms with E-state index in [0.29, 0.717) is 6.54 Å². The SMILES string of the molecule is CCn1cc(S(=O)(=O)Nc2ccccc2C(N)=O)c(N)n1. The van der Waals surface area contributed by atoms with Gasteiger partial charge in [0.25, 0.3) is 15.9 Å². The highest BCUT2D eigenvalue weighted by Crippen LogP contribution is 2.22. The fraction of sp³-hybridized carbons (Fsp3) is 0.167. The number of sulfonamides is 1. The van der Waals surface area contributed by atoms with Crippen LogP contribution in [0, 0.1) is 0 Å². The van der Waals surface area contributed by atoms with Crippen molar-refractivity contribution < 1.29 is 13.2 Å². The topological polar surface area (TPSA) is 133 Å². The number of rotatable bonds is 5. The molecule has 0 radical (unpaired) electrons. The quantitative estimate of drug-likeness (QED) is 0.734. The van der Waals surface area contributed by atoms with E-state index >= 15 is 0 Å². The predicted molar refractivity (Wildman–Crippen MR) is 78.1 cm³/mol. The second kappa shape index (κ2) is 5.44. The summed E-state index contributed by atoms with van der Waals surface area (Å²) < 4.78 is 28.4. The van der Waals surface area contributed by atoms with Crippen molar-refractivity contribution in [2.24, 2.45) is 5.73 Å². The van der Waals surface area contributed by atoms with E-state index in [1.54, 1.807) is 19.1 Å². The zero-order valence-electron chi connectivity index (χ0n) is 11.3. The maximum Gasteiger partial charge on any atom is 0.267 e. The molecule has 2 rings (SSSR count). The van der Waals surface area contributed by atoms with Crippen LogP contribution in [0.4, 0.5) is 11.5 Å². The van der Waals surface area contributed by atoms with Crippen molar-refractivity contribution in [1.82, 2.24) is 9.78 Å². The molecule has 1 aromatic heterocycles. The largest absolute Gasteiger partial charge is 0.381 e. The number of nitrogens with two attached hydrogens (primary N) is 2. The lowest BCUT2D eigenvalue weighted by Gasteiger charge is -2.09. The maximum absolute atomic E-state index is 12.3. The van der Waals surface area contributed by atoms with Crippen molar-refractivity contribution in [3.05, 3.63) is 36.0 Å². The number of anilines is 2. The highest BCUT2D eigenvalue weighted by Gasteiger charge is 2.22. The summed E-state index contributed by atoms with van der Waals surface area (Å²) >= 11 is 0. The number of nitrogens with zero attached hydrogens (tertiary/aromatic N) is 2. The number of benzene rings is 1. The van der Waals surface area contributed by atoms with E-state index in [9.17, 15) is 13.2 Å². The molecule has 0 fully saturated rings. The van der Waals surface area contributed by atoms with Gasteiger partial charge in [0, 0.05) is 12.7 Å². The molecule has 1 amide bonds. The van der Waals surface area contributed by atoms with Crippen LogP contribution in [0.3, 0.4) is 0 Å². The summed E-state index contributed by atoms with van der Waals surface area (Å²) in [4.78, 5) is 11.2. The van der Waals surface area contributed by atoms with Gasteiger partial charge in [0.1, 0.15) is 4.90 Å². The standard InChI is InChI=1S/C12H15N5O3S/c1-2-17-7-10(11(13)15-17)21(19,20)16-9-6-4-3-5-8(9)12(14)18/h3-7,16H,2H2,1H3,(H2,13,15)(H2,14,18). The predicted octanol–water partition coefficient (Wildman–Crippen LogP) is 0.385. The summed E-state index contributed by atoms with van der Waals surface area (Å²) in [6.45, 7) is 2.29. The van der Waals surface area contributed by atoms with Crippen LogP contribution in [0.1, 0.15) is 17.3 Å². The van der Waals surface area contributed by atoms with Gasteiger partial charge in [-0.1, -0.05) is 12.1 Å². The molecule has 0 atom stereocenters. The van der Waals surface area contributed by atoms with Crippen LogP contribution < -0.4 is 16.2 Å². The lowest BCUT2D eigenvalue weighted by Crippen LogP contribution is -2.19. The molecule has 0 spiro atoms. The average molecular weight is 309 g/mol. The van der Waals surface area contributed by atoms with Crippen molar-refractivity contribution in [1.29, 1.82) is 0 Å². The number of nitrogen functional groups attached to an aromatic ring is 1. The molecule has 1 aromatic carbocycles. The van der Waals surface area contributed by atoms with Crippen LogP contribution in [-0.4, -0.2) is 24.1 Å². The monoisotopic (exact) mass is 309 g/mol. The Morgan fingerprint density at radius 1 is 1.38 bits per heavy atom. The Kier molecular flexibility index (Phi) is 3.85. The van der Waals surface area contributed by atoms with E-state index in [-0.39, 0.29) is 22.0 Å². The number of nitrogens with one attached hydrogen (secondary N) is 1. The van der Waals surface area contributed by atoms with Crippen molar-refractivity contribution in [2.75, 3.05) is 10.5 Å². The second-order valence-corrected chi connectivity index (χ2v) is 5.90. The summed E-state index contributed by atoms with van der Waals surface area (Å²) in [6.07, 6.45) is 1.32. The molecular formula is C12H15N5O3S.